The number of hydrogen-bond donors (Lipinski definition) is 1. The number of aliphatic hydroxyl groups is 1. The Hall–Kier alpha value is -1.52. The van der Waals surface area contributed by atoms with Gasteiger partial charge in [-0.15, -0.1) is 0 Å². The number of fused-ring (bicyclic) bond motifs is 1. The third kappa shape index (κ3) is 3.06. The SMILES string of the molecule is COc1cccc(CC(O)c2cc(Br)cc3c2OCC3)c1. The number of rotatable bonds is 4. The molecule has 1 unspecified atom stereocenters. The molecule has 0 amide bonds. The van der Waals surface area contributed by atoms with Gasteiger partial charge in [0, 0.05) is 22.9 Å². The van der Waals surface area contributed by atoms with E-state index in [4.69, 9.17) is 9.47 Å². The van der Waals surface area contributed by atoms with Crippen LogP contribution >= 0.6 is 15.9 Å². The Morgan fingerprint density at radius 1 is 1.33 bits per heavy atom. The van der Waals surface area contributed by atoms with Gasteiger partial charge < -0.3 is 14.6 Å². The second-order valence-corrected chi connectivity index (χ2v) is 6.07. The quantitative estimate of drug-likeness (QED) is 0.916. The van der Waals surface area contributed by atoms with E-state index in [2.05, 4.69) is 22.0 Å². The smallest absolute Gasteiger partial charge is 0.128 e. The Labute approximate surface area is 132 Å². The first-order valence-electron chi connectivity index (χ1n) is 6.93. The monoisotopic (exact) mass is 348 g/mol. The van der Waals surface area contributed by atoms with E-state index in [1.54, 1.807) is 7.11 Å². The Bertz CT molecular complexity index is 654. The van der Waals surface area contributed by atoms with Crippen molar-refractivity contribution in [1.29, 1.82) is 0 Å². The molecule has 2 aromatic carbocycles. The highest BCUT2D eigenvalue weighted by atomic mass is 79.9. The molecule has 1 aliphatic rings. The zero-order valence-corrected chi connectivity index (χ0v) is 13.4. The first kappa shape index (κ1) is 14.4. The topological polar surface area (TPSA) is 38.7 Å². The van der Waals surface area contributed by atoms with Gasteiger partial charge in [-0.1, -0.05) is 28.1 Å². The predicted molar refractivity (Wildman–Crippen MR) is 85.0 cm³/mol. The molecule has 2 aromatic rings. The molecule has 0 bridgehead atoms. The molecule has 4 heteroatoms. The van der Waals surface area contributed by atoms with Crippen molar-refractivity contribution in [3.05, 3.63) is 57.6 Å². The number of hydrogen-bond acceptors (Lipinski definition) is 3. The number of benzene rings is 2. The second-order valence-electron chi connectivity index (χ2n) is 5.15. The molecular formula is C17H17BrO3. The lowest BCUT2D eigenvalue weighted by Gasteiger charge is -2.16. The van der Waals surface area contributed by atoms with Crippen molar-refractivity contribution >= 4 is 15.9 Å². The first-order chi connectivity index (χ1) is 10.2. The van der Waals surface area contributed by atoms with Crippen LogP contribution in [0.5, 0.6) is 11.5 Å². The van der Waals surface area contributed by atoms with Crippen molar-refractivity contribution in [1.82, 2.24) is 0 Å². The van der Waals surface area contributed by atoms with Crippen LogP contribution in [0.2, 0.25) is 0 Å². The molecule has 0 aromatic heterocycles. The fraction of sp³-hybridized carbons (Fsp3) is 0.294. The molecule has 1 heterocycles. The van der Waals surface area contributed by atoms with Crippen LogP contribution in [0.25, 0.3) is 0 Å². The summed E-state index contributed by atoms with van der Waals surface area (Å²) in [5, 5.41) is 10.6. The molecule has 0 aliphatic carbocycles. The summed E-state index contributed by atoms with van der Waals surface area (Å²) in [6.45, 7) is 0.685. The van der Waals surface area contributed by atoms with Crippen molar-refractivity contribution in [2.75, 3.05) is 13.7 Å². The fourth-order valence-corrected chi connectivity index (χ4v) is 3.20. The molecule has 3 rings (SSSR count). The minimum Gasteiger partial charge on any atom is -0.497 e. The molecule has 110 valence electrons. The van der Waals surface area contributed by atoms with E-state index in [1.807, 2.05) is 30.3 Å². The highest BCUT2D eigenvalue weighted by Crippen LogP contribution is 2.37. The number of aliphatic hydroxyl groups excluding tert-OH is 1. The van der Waals surface area contributed by atoms with Gasteiger partial charge in [0.2, 0.25) is 0 Å². The van der Waals surface area contributed by atoms with Gasteiger partial charge in [-0.05, 0) is 35.4 Å². The van der Waals surface area contributed by atoms with Gasteiger partial charge in [0.1, 0.15) is 11.5 Å². The van der Waals surface area contributed by atoms with Crippen LogP contribution in [-0.4, -0.2) is 18.8 Å². The van der Waals surface area contributed by atoms with E-state index in [9.17, 15) is 5.11 Å². The molecule has 0 saturated heterocycles. The summed E-state index contributed by atoms with van der Waals surface area (Å²) in [4.78, 5) is 0. The molecule has 1 aliphatic heterocycles. The van der Waals surface area contributed by atoms with Gasteiger partial charge in [0.25, 0.3) is 0 Å². The highest BCUT2D eigenvalue weighted by molar-refractivity contribution is 9.10. The Morgan fingerprint density at radius 3 is 3.00 bits per heavy atom. The third-order valence-electron chi connectivity index (χ3n) is 3.70. The molecule has 0 radical (unpaired) electrons. The van der Waals surface area contributed by atoms with Gasteiger partial charge in [-0.25, -0.2) is 0 Å². The van der Waals surface area contributed by atoms with Crippen LogP contribution in [0.1, 0.15) is 22.8 Å². The average molecular weight is 349 g/mol. The third-order valence-corrected chi connectivity index (χ3v) is 4.16. The summed E-state index contributed by atoms with van der Waals surface area (Å²) >= 11 is 3.51. The molecule has 1 N–H and O–H groups in total. The van der Waals surface area contributed by atoms with Crippen LogP contribution in [0.15, 0.2) is 40.9 Å². The van der Waals surface area contributed by atoms with E-state index in [-0.39, 0.29) is 0 Å². The molecule has 0 fully saturated rings. The molecule has 21 heavy (non-hydrogen) atoms. The van der Waals surface area contributed by atoms with Gasteiger partial charge in [0.15, 0.2) is 0 Å². The largest absolute Gasteiger partial charge is 0.497 e. The lowest BCUT2D eigenvalue weighted by Crippen LogP contribution is -2.04. The maximum atomic E-state index is 10.6. The van der Waals surface area contributed by atoms with Crippen molar-refractivity contribution in [2.24, 2.45) is 0 Å². The van der Waals surface area contributed by atoms with E-state index in [0.717, 1.165) is 39.1 Å². The van der Waals surface area contributed by atoms with E-state index >= 15 is 0 Å². The van der Waals surface area contributed by atoms with E-state index in [1.165, 1.54) is 0 Å². The maximum absolute atomic E-state index is 10.6. The maximum Gasteiger partial charge on any atom is 0.128 e. The molecule has 3 nitrogen and oxygen atoms in total. The fourth-order valence-electron chi connectivity index (χ4n) is 2.68. The van der Waals surface area contributed by atoms with E-state index in [0.29, 0.717) is 13.0 Å². The second kappa shape index (κ2) is 6.08. The lowest BCUT2D eigenvalue weighted by molar-refractivity contribution is 0.173. The minimum absolute atomic E-state index is 0.531. The summed E-state index contributed by atoms with van der Waals surface area (Å²) < 4.78 is 11.9. The summed E-state index contributed by atoms with van der Waals surface area (Å²) in [5.41, 5.74) is 3.04. The van der Waals surface area contributed by atoms with Crippen LogP contribution in [0.3, 0.4) is 0 Å². The Morgan fingerprint density at radius 2 is 2.19 bits per heavy atom. The van der Waals surface area contributed by atoms with Crippen LogP contribution < -0.4 is 9.47 Å². The van der Waals surface area contributed by atoms with Crippen molar-refractivity contribution < 1.29 is 14.6 Å². The van der Waals surface area contributed by atoms with Crippen molar-refractivity contribution in [3.63, 3.8) is 0 Å². The van der Waals surface area contributed by atoms with Gasteiger partial charge >= 0.3 is 0 Å². The van der Waals surface area contributed by atoms with Crippen LogP contribution in [-0.2, 0) is 12.8 Å². The predicted octanol–water partition coefficient (Wildman–Crippen LogP) is 3.67. The van der Waals surface area contributed by atoms with E-state index < -0.39 is 6.10 Å². The number of ether oxygens (including phenoxy) is 2. The van der Waals surface area contributed by atoms with Crippen molar-refractivity contribution in [3.8, 4) is 11.5 Å². The molecule has 0 spiro atoms. The van der Waals surface area contributed by atoms with Crippen LogP contribution in [0, 0.1) is 0 Å². The number of methoxy groups -OCH3 is 1. The Kier molecular flexibility index (Phi) is 4.17. The van der Waals surface area contributed by atoms with Gasteiger partial charge in [-0.2, -0.15) is 0 Å². The summed E-state index contributed by atoms with van der Waals surface area (Å²) in [5.74, 6) is 1.64. The van der Waals surface area contributed by atoms with Gasteiger partial charge in [0.05, 0.1) is 19.8 Å². The molecular weight excluding hydrogens is 332 g/mol. The normalized spacial score (nSPS) is 14.4. The summed E-state index contributed by atoms with van der Waals surface area (Å²) in [6, 6.07) is 11.8. The first-order valence-corrected chi connectivity index (χ1v) is 7.73. The highest BCUT2D eigenvalue weighted by Gasteiger charge is 2.22. The zero-order chi connectivity index (χ0) is 14.8. The van der Waals surface area contributed by atoms with Crippen LogP contribution in [0.4, 0.5) is 0 Å². The summed E-state index contributed by atoms with van der Waals surface area (Å²) in [6.07, 6.45) is 0.832. The van der Waals surface area contributed by atoms with Gasteiger partial charge in [-0.3, -0.25) is 0 Å². The molecule has 1 atom stereocenters. The lowest BCUT2D eigenvalue weighted by atomic mass is 9.98. The summed E-state index contributed by atoms with van der Waals surface area (Å²) in [7, 11) is 1.64. The Balaban J connectivity index is 1.87. The standard InChI is InChI=1S/C17H17BrO3/c1-20-14-4-2-3-11(7-14)8-16(19)15-10-13(18)9-12-5-6-21-17(12)15/h2-4,7,9-10,16,19H,5-6,8H2,1H3. The molecule has 0 saturated carbocycles. The van der Waals surface area contributed by atoms with Crippen molar-refractivity contribution in [2.45, 2.75) is 18.9 Å². The number of halogens is 1. The zero-order valence-electron chi connectivity index (χ0n) is 11.8. The minimum atomic E-state index is -0.596. The average Bonchev–Trinajstić information content (AvgIpc) is 2.94.